The van der Waals surface area contributed by atoms with Gasteiger partial charge >= 0.3 is 5.97 Å². The van der Waals surface area contributed by atoms with Crippen LogP contribution in [0.2, 0.25) is 0 Å². The molecule has 2 aliphatic rings. The third-order valence-electron chi connectivity index (χ3n) is 3.02. The molecule has 76 valence electrons. The van der Waals surface area contributed by atoms with Crippen molar-refractivity contribution in [1.82, 2.24) is 0 Å². The van der Waals surface area contributed by atoms with Crippen LogP contribution in [0, 0.1) is 11.8 Å². The minimum Gasteiger partial charge on any atom is -0.427 e. The molecule has 14 heavy (non-hydrogen) atoms. The van der Waals surface area contributed by atoms with Crippen molar-refractivity contribution in [3.05, 3.63) is 24.0 Å². The Morgan fingerprint density at radius 2 is 2.07 bits per heavy atom. The second-order valence-corrected chi connectivity index (χ2v) is 4.13. The molecule has 0 unspecified atom stereocenters. The topological polar surface area (TPSA) is 26.3 Å². The Kier molecular flexibility index (Phi) is 2.71. The molecular formula is C12H16O2. The maximum atomic E-state index is 10.8. The van der Waals surface area contributed by atoms with Crippen molar-refractivity contribution in [1.29, 1.82) is 0 Å². The van der Waals surface area contributed by atoms with Gasteiger partial charge in [0.2, 0.25) is 0 Å². The fourth-order valence-electron chi connectivity index (χ4n) is 2.35. The number of rotatable bonds is 1. The van der Waals surface area contributed by atoms with Crippen LogP contribution >= 0.6 is 0 Å². The van der Waals surface area contributed by atoms with Crippen molar-refractivity contribution in [2.24, 2.45) is 11.8 Å². The lowest BCUT2D eigenvalue weighted by Crippen LogP contribution is -2.19. The average Bonchev–Trinajstić information content (AvgIpc) is 2.17. The molecule has 2 rings (SSSR count). The van der Waals surface area contributed by atoms with Gasteiger partial charge in [-0.25, -0.2) is 0 Å². The summed E-state index contributed by atoms with van der Waals surface area (Å²) in [4.78, 5) is 10.8. The number of allylic oxidation sites excluding steroid dienone is 3. The average molecular weight is 192 g/mol. The molecular weight excluding hydrogens is 176 g/mol. The zero-order valence-corrected chi connectivity index (χ0v) is 8.53. The van der Waals surface area contributed by atoms with E-state index >= 15 is 0 Å². The summed E-state index contributed by atoms with van der Waals surface area (Å²) in [5.41, 5.74) is 0. The van der Waals surface area contributed by atoms with Crippen molar-refractivity contribution in [2.45, 2.75) is 32.6 Å². The first-order valence-electron chi connectivity index (χ1n) is 5.34. The summed E-state index contributed by atoms with van der Waals surface area (Å²) in [6.45, 7) is 1.45. The van der Waals surface area contributed by atoms with Crippen molar-refractivity contribution in [3.63, 3.8) is 0 Å². The van der Waals surface area contributed by atoms with Gasteiger partial charge < -0.3 is 4.74 Å². The number of carbonyl (C=O) groups is 1. The minimum atomic E-state index is -0.227. The van der Waals surface area contributed by atoms with Gasteiger partial charge in [-0.3, -0.25) is 4.79 Å². The monoisotopic (exact) mass is 192 g/mol. The Morgan fingerprint density at radius 3 is 2.79 bits per heavy atom. The Bertz CT molecular complexity index is 289. The highest BCUT2D eigenvalue weighted by Crippen LogP contribution is 2.35. The van der Waals surface area contributed by atoms with Crippen molar-refractivity contribution in [2.75, 3.05) is 0 Å². The molecule has 2 atom stereocenters. The van der Waals surface area contributed by atoms with Gasteiger partial charge in [-0.1, -0.05) is 18.9 Å². The maximum Gasteiger partial charge on any atom is 0.308 e. The predicted octanol–water partition coefficient (Wildman–Crippen LogP) is 2.81. The number of esters is 1. The van der Waals surface area contributed by atoms with E-state index in [-0.39, 0.29) is 5.97 Å². The molecule has 0 aromatic carbocycles. The van der Waals surface area contributed by atoms with Crippen LogP contribution in [0.1, 0.15) is 32.6 Å². The Labute approximate surface area is 84.6 Å². The van der Waals surface area contributed by atoms with Gasteiger partial charge in [-0.05, 0) is 36.8 Å². The molecule has 0 saturated heterocycles. The van der Waals surface area contributed by atoms with Crippen LogP contribution in [0.15, 0.2) is 24.0 Å². The van der Waals surface area contributed by atoms with Gasteiger partial charge in [0.1, 0.15) is 5.76 Å². The third-order valence-corrected chi connectivity index (χ3v) is 3.02. The lowest BCUT2D eigenvalue weighted by Gasteiger charge is -2.29. The molecule has 0 aromatic heterocycles. The van der Waals surface area contributed by atoms with E-state index < -0.39 is 0 Å². The van der Waals surface area contributed by atoms with Crippen LogP contribution in [0.5, 0.6) is 0 Å². The maximum absolute atomic E-state index is 10.8. The van der Waals surface area contributed by atoms with Crippen LogP contribution in [-0.4, -0.2) is 5.97 Å². The molecule has 0 aromatic rings. The Hall–Kier alpha value is -1.05. The van der Waals surface area contributed by atoms with E-state index in [4.69, 9.17) is 4.74 Å². The zero-order chi connectivity index (χ0) is 9.97. The summed E-state index contributed by atoms with van der Waals surface area (Å²) in [6, 6.07) is 0. The van der Waals surface area contributed by atoms with Gasteiger partial charge in [0.15, 0.2) is 0 Å². The molecule has 2 aliphatic carbocycles. The zero-order valence-electron chi connectivity index (χ0n) is 8.53. The van der Waals surface area contributed by atoms with E-state index in [1.54, 1.807) is 0 Å². The second-order valence-electron chi connectivity index (χ2n) is 4.13. The molecule has 0 heterocycles. The van der Waals surface area contributed by atoms with Crippen LogP contribution in [-0.2, 0) is 9.53 Å². The van der Waals surface area contributed by atoms with Gasteiger partial charge in [-0.15, -0.1) is 0 Å². The molecule has 0 bridgehead atoms. The summed E-state index contributed by atoms with van der Waals surface area (Å²) in [5.74, 6) is 1.79. The molecule has 2 nitrogen and oxygen atoms in total. The first-order valence-corrected chi connectivity index (χ1v) is 5.34. The lowest BCUT2D eigenvalue weighted by atomic mass is 9.77. The standard InChI is InChI=1S/C12H16O2/c1-9(13)14-12-7-6-10-4-2-3-5-11(10)8-12/h6-8,10-11H,2-5H2,1H3/t10-,11+/m0/s1. The molecule has 2 heteroatoms. The third kappa shape index (κ3) is 2.06. The first kappa shape index (κ1) is 9.50. The number of ether oxygens (including phenoxy) is 1. The highest BCUT2D eigenvalue weighted by Gasteiger charge is 2.24. The van der Waals surface area contributed by atoms with Crippen LogP contribution in [0.25, 0.3) is 0 Å². The van der Waals surface area contributed by atoms with E-state index in [9.17, 15) is 4.79 Å². The van der Waals surface area contributed by atoms with E-state index in [1.165, 1.54) is 32.6 Å². The van der Waals surface area contributed by atoms with Crippen LogP contribution in [0.3, 0.4) is 0 Å². The summed E-state index contributed by atoms with van der Waals surface area (Å²) in [5, 5.41) is 0. The lowest BCUT2D eigenvalue weighted by molar-refractivity contribution is -0.136. The van der Waals surface area contributed by atoms with Gasteiger partial charge in [-0.2, -0.15) is 0 Å². The van der Waals surface area contributed by atoms with Crippen molar-refractivity contribution < 1.29 is 9.53 Å². The van der Waals surface area contributed by atoms with Crippen molar-refractivity contribution >= 4 is 5.97 Å². The summed E-state index contributed by atoms with van der Waals surface area (Å²) < 4.78 is 5.08. The number of fused-ring (bicyclic) bond motifs is 1. The normalized spacial score (nSPS) is 30.5. The predicted molar refractivity (Wildman–Crippen MR) is 54.4 cm³/mol. The molecule has 1 fully saturated rings. The fourth-order valence-corrected chi connectivity index (χ4v) is 2.35. The van der Waals surface area contributed by atoms with E-state index in [0.29, 0.717) is 11.8 Å². The smallest absolute Gasteiger partial charge is 0.308 e. The van der Waals surface area contributed by atoms with E-state index in [1.807, 2.05) is 6.08 Å². The number of hydrogen-bond donors (Lipinski definition) is 0. The quantitative estimate of drug-likeness (QED) is 0.597. The van der Waals surface area contributed by atoms with Crippen LogP contribution in [0.4, 0.5) is 0 Å². The number of hydrogen-bond acceptors (Lipinski definition) is 2. The first-order chi connectivity index (χ1) is 6.75. The molecule has 0 radical (unpaired) electrons. The molecule has 0 aliphatic heterocycles. The molecule has 0 spiro atoms. The van der Waals surface area contributed by atoms with Gasteiger partial charge in [0.25, 0.3) is 0 Å². The van der Waals surface area contributed by atoms with Crippen molar-refractivity contribution in [3.8, 4) is 0 Å². The Morgan fingerprint density at radius 1 is 1.36 bits per heavy atom. The van der Waals surface area contributed by atoms with E-state index in [2.05, 4.69) is 12.2 Å². The second kappa shape index (κ2) is 3.99. The van der Waals surface area contributed by atoms with Crippen LogP contribution < -0.4 is 0 Å². The highest BCUT2D eigenvalue weighted by molar-refractivity contribution is 5.67. The summed E-state index contributed by atoms with van der Waals surface area (Å²) in [7, 11) is 0. The minimum absolute atomic E-state index is 0.227. The fraction of sp³-hybridized carbons (Fsp3) is 0.583. The van der Waals surface area contributed by atoms with E-state index in [0.717, 1.165) is 5.76 Å². The largest absolute Gasteiger partial charge is 0.427 e. The summed E-state index contributed by atoms with van der Waals surface area (Å²) in [6.07, 6.45) is 11.4. The highest BCUT2D eigenvalue weighted by atomic mass is 16.5. The molecule has 0 N–H and O–H groups in total. The number of carbonyl (C=O) groups excluding carboxylic acids is 1. The Balaban J connectivity index is 2.04. The summed E-state index contributed by atoms with van der Waals surface area (Å²) >= 11 is 0. The molecule has 1 saturated carbocycles. The SMILES string of the molecule is CC(=O)OC1=C[C@H]2CCCC[C@H]2C=C1. The molecule has 0 amide bonds. The van der Waals surface area contributed by atoms with Gasteiger partial charge in [0.05, 0.1) is 0 Å². The van der Waals surface area contributed by atoms with Gasteiger partial charge in [0, 0.05) is 6.92 Å².